The first-order valence-electron chi connectivity index (χ1n) is 3.04. The fourth-order valence-electron chi connectivity index (χ4n) is 0.781. The highest BCUT2D eigenvalue weighted by Crippen LogP contribution is 2.14. The first-order chi connectivity index (χ1) is 5.00. The minimum Gasteiger partial charge on any atom is -0.389 e. The van der Waals surface area contributed by atoms with E-state index in [9.17, 15) is 8.42 Å². The van der Waals surface area contributed by atoms with E-state index in [0.717, 1.165) is 0 Å². The van der Waals surface area contributed by atoms with Crippen molar-refractivity contribution in [1.82, 2.24) is 0 Å². The van der Waals surface area contributed by atoms with E-state index >= 15 is 0 Å². The van der Waals surface area contributed by atoms with Crippen molar-refractivity contribution in [3.05, 3.63) is 23.1 Å². The Morgan fingerprint density at radius 3 is 2.55 bits per heavy atom. The third kappa shape index (κ3) is 2.14. The number of hydrogen-bond donors (Lipinski definition) is 2. The normalized spacial score (nSPS) is 24.9. The van der Waals surface area contributed by atoms with Crippen LogP contribution < -0.4 is 0 Å². The van der Waals surface area contributed by atoms with E-state index in [2.05, 4.69) is 0 Å². The molecular weight excluding hydrogens is 168 g/mol. The van der Waals surface area contributed by atoms with Crippen LogP contribution in [0.5, 0.6) is 0 Å². The predicted molar refractivity (Wildman–Crippen MR) is 39.4 cm³/mol. The van der Waals surface area contributed by atoms with Gasteiger partial charge in [0.15, 0.2) is 0 Å². The summed E-state index contributed by atoms with van der Waals surface area (Å²) in [5.41, 5.74) is 0. The van der Waals surface area contributed by atoms with Gasteiger partial charge in [-0.2, -0.15) is 8.42 Å². The summed E-state index contributed by atoms with van der Waals surface area (Å²) in [6.45, 7) is 0. The number of aliphatic hydroxyl groups excluding tert-OH is 1. The molecule has 11 heavy (non-hydrogen) atoms. The maximum atomic E-state index is 10.4. The standard InChI is InChI=1S/C6H8O4S/c7-5-1-3-6(4-2-5)11(8,9)10/h1,3-5,7H,2H2,(H,8,9,10). The second-order valence-corrected chi connectivity index (χ2v) is 3.67. The second kappa shape index (κ2) is 2.77. The lowest BCUT2D eigenvalue weighted by atomic mass is 10.1. The van der Waals surface area contributed by atoms with Gasteiger partial charge in [-0.15, -0.1) is 0 Å². The largest absolute Gasteiger partial charge is 0.389 e. The van der Waals surface area contributed by atoms with E-state index in [-0.39, 0.29) is 11.3 Å². The van der Waals surface area contributed by atoms with Crippen molar-refractivity contribution in [3.8, 4) is 0 Å². The van der Waals surface area contributed by atoms with Crippen LogP contribution in [-0.2, 0) is 10.1 Å². The van der Waals surface area contributed by atoms with Gasteiger partial charge in [0, 0.05) is 0 Å². The van der Waals surface area contributed by atoms with Crippen molar-refractivity contribution in [3.63, 3.8) is 0 Å². The predicted octanol–water partition coefficient (Wildman–Crippen LogP) is 0.0789. The van der Waals surface area contributed by atoms with E-state index in [1.807, 2.05) is 0 Å². The molecule has 2 N–H and O–H groups in total. The third-order valence-electron chi connectivity index (χ3n) is 1.34. The van der Waals surface area contributed by atoms with Crippen LogP contribution in [0.1, 0.15) is 6.42 Å². The van der Waals surface area contributed by atoms with Gasteiger partial charge in [-0.25, -0.2) is 0 Å². The Morgan fingerprint density at radius 1 is 1.55 bits per heavy atom. The molecule has 62 valence electrons. The molecule has 1 aliphatic rings. The number of aliphatic hydroxyl groups is 1. The molecule has 0 aromatic carbocycles. The molecule has 0 aromatic rings. The van der Waals surface area contributed by atoms with Crippen molar-refractivity contribution in [2.45, 2.75) is 12.5 Å². The van der Waals surface area contributed by atoms with Crippen LogP contribution >= 0.6 is 0 Å². The van der Waals surface area contributed by atoms with E-state index in [1.54, 1.807) is 0 Å². The first kappa shape index (κ1) is 8.45. The Morgan fingerprint density at radius 2 is 2.18 bits per heavy atom. The highest BCUT2D eigenvalue weighted by molar-refractivity contribution is 7.90. The van der Waals surface area contributed by atoms with Gasteiger partial charge < -0.3 is 5.11 Å². The van der Waals surface area contributed by atoms with E-state index in [0.29, 0.717) is 0 Å². The molecule has 0 radical (unpaired) electrons. The van der Waals surface area contributed by atoms with Gasteiger partial charge >= 0.3 is 0 Å². The van der Waals surface area contributed by atoms with Crippen LogP contribution in [0.25, 0.3) is 0 Å². The van der Waals surface area contributed by atoms with Crippen molar-refractivity contribution in [2.24, 2.45) is 0 Å². The van der Waals surface area contributed by atoms with E-state index < -0.39 is 16.2 Å². The zero-order valence-electron chi connectivity index (χ0n) is 5.64. The van der Waals surface area contributed by atoms with Crippen LogP contribution in [-0.4, -0.2) is 24.2 Å². The number of allylic oxidation sites excluding steroid dienone is 1. The van der Waals surface area contributed by atoms with E-state index in [4.69, 9.17) is 9.66 Å². The number of rotatable bonds is 1. The molecule has 0 aliphatic heterocycles. The van der Waals surface area contributed by atoms with Crippen LogP contribution in [0.3, 0.4) is 0 Å². The van der Waals surface area contributed by atoms with Crippen LogP contribution in [0.2, 0.25) is 0 Å². The zero-order valence-corrected chi connectivity index (χ0v) is 6.45. The van der Waals surface area contributed by atoms with Gasteiger partial charge in [0.25, 0.3) is 10.1 Å². The zero-order chi connectivity index (χ0) is 8.48. The monoisotopic (exact) mass is 176 g/mol. The smallest absolute Gasteiger partial charge is 0.294 e. The Kier molecular flexibility index (Phi) is 2.12. The summed E-state index contributed by atoms with van der Waals surface area (Å²) in [5, 5.41) is 8.88. The fourth-order valence-corrected chi connectivity index (χ4v) is 1.34. The lowest BCUT2D eigenvalue weighted by molar-refractivity contribution is 0.225. The summed E-state index contributed by atoms with van der Waals surface area (Å²) in [6.07, 6.45) is 3.37. The summed E-state index contributed by atoms with van der Waals surface area (Å²) in [5.74, 6) is 0. The second-order valence-electron chi connectivity index (χ2n) is 2.24. The van der Waals surface area contributed by atoms with Gasteiger partial charge in [-0.05, 0) is 12.5 Å². The molecule has 1 aliphatic carbocycles. The fraction of sp³-hybridized carbons (Fsp3) is 0.333. The average Bonchev–Trinajstić information content (AvgIpc) is 1.86. The van der Waals surface area contributed by atoms with Crippen LogP contribution in [0, 0.1) is 0 Å². The molecule has 1 rings (SSSR count). The van der Waals surface area contributed by atoms with Crippen LogP contribution in [0.15, 0.2) is 23.1 Å². The molecule has 0 spiro atoms. The minimum absolute atomic E-state index is 0.150. The first-order valence-corrected chi connectivity index (χ1v) is 4.48. The molecule has 0 fully saturated rings. The Bertz CT molecular complexity index is 299. The summed E-state index contributed by atoms with van der Waals surface area (Å²) in [4.78, 5) is -0.150. The van der Waals surface area contributed by atoms with Crippen molar-refractivity contribution in [1.29, 1.82) is 0 Å². The van der Waals surface area contributed by atoms with Crippen molar-refractivity contribution < 1.29 is 18.1 Å². The molecule has 0 heterocycles. The maximum Gasteiger partial charge on any atom is 0.294 e. The highest BCUT2D eigenvalue weighted by Gasteiger charge is 2.14. The number of hydrogen-bond acceptors (Lipinski definition) is 3. The SMILES string of the molecule is O=S(=O)(O)C1=CCC(O)C=C1. The topological polar surface area (TPSA) is 74.6 Å². The summed E-state index contributed by atoms with van der Waals surface area (Å²) < 4.78 is 29.4. The summed E-state index contributed by atoms with van der Waals surface area (Å²) in [7, 11) is -4.09. The molecule has 4 nitrogen and oxygen atoms in total. The maximum absolute atomic E-state index is 10.4. The Balaban J connectivity index is 2.89. The molecular formula is C6H8O4S. The molecule has 5 heteroatoms. The lowest BCUT2D eigenvalue weighted by Crippen LogP contribution is -2.08. The van der Waals surface area contributed by atoms with Gasteiger partial charge in [0.05, 0.1) is 11.0 Å². The Labute approximate surface area is 64.6 Å². The Hall–Kier alpha value is -0.650. The van der Waals surface area contributed by atoms with Gasteiger partial charge in [0.2, 0.25) is 0 Å². The quantitative estimate of drug-likeness (QED) is 0.555. The van der Waals surface area contributed by atoms with Gasteiger partial charge in [-0.1, -0.05) is 12.2 Å². The minimum atomic E-state index is -4.09. The summed E-state index contributed by atoms with van der Waals surface area (Å²) >= 11 is 0. The molecule has 0 amide bonds. The lowest BCUT2D eigenvalue weighted by Gasteiger charge is -2.07. The molecule has 0 saturated heterocycles. The van der Waals surface area contributed by atoms with Crippen molar-refractivity contribution in [2.75, 3.05) is 0 Å². The van der Waals surface area contributed by atoms with Crippen LogP contribution in [0.4, 0.5) is 0 Å². The summed E-state index contributed by atoms with van der Waals surface area (Å²) in [6, 6.07) is 0. The van der Waals surface area contributed by atoms with Crippen molar-refractivity contribution >= 4 is 10.1 Å². The molecule has 0 saturated carbocycles. The molecule has 1 unspecified atom stereocenters. The third-order valence-corrected chi connectivity index (χ3v) is 2.24. The molecule has 0 bridgehead atoms. The van der Waals surface area contributed by atoms with E-state index in [1.165, 1.54) is 18.2 Å². The van der Waals surface area contributed by atoms with Gasteiger partial charge in [0.1, 0.15) is 0 Å². The molecule has 1 atom stereocenters. The average molecular weight is 176 g/mol. The molecule has 0 aromatic heterocycles. The van der Waals surface area contributed by atoms with Gasteiger partial charge in [-0.3, -0.25) is 4.55 Å². The highest BCUT2D eigenvalue weighted by atomic mass is 32.2.